The van der Waals surface area contributed by atoms with Crippen molar-refractivity contribution < 1.29 is 0 Å². The molecule has 1 unspecified atom stereocenters. The Morgan fingerprint density at radius 1 is 1.40 bits per heavy atom. The van der Waals surface area contributed by atoms with E-state index in [4.69, 9.17) is 0 Å². The van der Waals surface area contributed by atoms with Crippen molar-refractivity contribution in [1.29, 1.82) is 0 Å². The van der Waals surface area contributed by atoms with Crippen LogP contribution in [0.4, 0.5) is 5.69 Å². The summed E-state index contributed by atoms with van der Waals surface area (Å²) in [7, 11) is 2.18. The van der Waals surface area contributed by atoms with Gasteiger partial charge in [0.2, 0.25) is 0 Å². The van der Waals surface area contributed by atoms with E-state index in [0.29, 0.717) is 6.04 Å². The first-order valence-electron chi connectivity index (χ1n) is 7.31. The van der Waals surface area contributed by atoms with E-state index in [1.54, 1.807) is 0 Å². The molecule has 20 heavy (non-hydrogen) atoms. The minimum Gasteiger partial charge on any atom is -0.372 e. The third-order valence-electron chi connectivity index (χ3n) is 3.59. The lowest BCUT2D eigenvalue weighted by molar-refractivity contribution is 0.665. The normalized spacial score (nSPS) is 12.4. The SMILES string of the molecule is CCCNCc1ccc(N(C)C(C)CCSC)cc1Br. The maximum Gasteiger partial charge on any atom is 0.0377 e. The molecule has 4 heteroatoms. The fourth-order valence-corrected chi connectivity index (χ4v) is 3.12. The number of anilines is 1. The number of benzene rings is 1. The second-order valence-electron chi connectivity index (χ2n) is 5.19. The first kappa shape index (κ1) is 17.9. The van der Waals surface area contributed by atoms with Crippen LogP contribution in [-0.2, 0) is 6.54 Å². The molecule has 0 aliphatic heterocycles. The predicted molar refractivity (Wildman–Crippen MR) is 97.0 cm³/mol. The average Bonchev–Trinajstić information content (AvgIpc) is 2.45. The van der Waals surface area contributed by atoms with Crippen molar-refractivity contribution in [1.82, 2.24) is 5.32 Å². The van der Waals surface area contributed by atoms with Gasteiger partial charge >= 0.3 is 0 Å². The van der Waals surface area contributed by atoms with Gasteiger partial charge in [0.05, 0.1) is 0 Å². The van der Waals surface area contributed by atoms with E-state index >= 15 is 0 Å². The number of nitrogens with one attached hydrogen (secondary N) is 1. The molecule has 0 fully saturated rings. The van der Waals surface area contributed by atoms with Crippen LogP contribution in [0.1, 0.15) is 32.3 Å². The third kappa shape index (κ3) is 5.66. The molecular weight excluding hydrogens is 332 g/mol. The van der Waals surface area contributed by atoms with Crippen LogP contribution in [0, 0.1) is 0 Å². The minimum atomic E-state index is 0.568. The largest absolute Gasteiger partial charge is 0.372 e. The highest BCUT2D eigenvalue weighted by molar-refractivity contribution is 9.10. The van der Waals surface area contributed by atoms with E-state index in [-0.39, 0.29) is 0 Å². The Hall–Kier alpha value is -0.190. The standard InChI is InChI=1S/C16H27BrN2S/c1-5-9-18-12-14-6-7-15(11-16(14)17)19(3)13(2)8-10-20-4/h6-7,11,13,18H,5,8-10,12H2,1-4H3. The summed E-state index contributed by atoms with van der Waals surface area (Å²) >= 11 is 5.61. The van der Waals surface area contributed by atoms with Crippen LogP contribution in [-0.4, -0.2) is 31.6 Å². The molecule has 114 valence electrons. The molecule has 1 aromatic carbocycles. The Balaban J connectivity index is 2.65. The van der Waals surface area contributed by atoms with Gasteiger partial charge in [0.25, 0.3) is 0 Å². The molecule has 0 saturated heterocycles. The Morgan fingerprint density at radius 2 is 2.15 bits per heavy atom. The van der Waals surface area contributed by atoms with Crippen molar-refractivity contribution in [2.45, 2.75) is 39.3 Å². The van der Waals surface area contributed by atoms with Crippen LogP contribution in [0.25, 0.3) is 0 Å². The molecule has 1 atom stereocenters. The highest BCUT2D eigenvalue weighted by Crippen LogP contribution is 2.25. The first-order valence-corrected chi connectivity index (χ1v) is 9.49. The smallest absolute Gasteiger partial charge is 0.0377 e. The van der Waals surface area contributed by atoms with Gasteiger partial charge in [-0.15, -0.1) is 0 Å². The van der Waals surface area contributed by atoms with Gasteiger partial charge in [0, 0.05) is 29.8 Å². The van der Waals surface area contributed by atoms with Crippen LogP contribution in [0.3, 0.4) is 0 Å². The molecule has 0 radical (unpaired) electrons. The Kier molecular flexibility index (Phi) is 8.66. The number of thioether (sulfide) groups is 1. The molecule has 0 amide bonds. The highest BCUT2D eigenvalue weighted by atomic mass is 79.9. The maximum absolute atomic E-state index is 3.70. The van der Waals surface area contributed by atoms with Gasteiger partial charge in [0.15, 0.2) is 0 Å². The van der Waals surface area contributed by atoms with Gasteiger partial charge in [-0.05, 0) is 56.0 Å². The van der Waals surface area contributed by atoms with Crippen molar-refractivity contribution in [3.63, 3.8) is 0 Å². The molecule has 1 aromatic rings. The van der Waals surface area contributed by atoms with Gasteiger partial charge in [-0.1, -0.05) is 28.9 Å². The monoisotopic (exact) mass is 358 g/mol. The zero-order valence-corrected chi connectivity index (χ0v) is 15.5. The van der Waals surface area contributed by atoms with Crippen LogP contribution in [0.15, 0.2) is 22.7 Å². The Labute approximate surface area is 136 Å². The maximum atomic E-state index is 3.70. The van der Waals surface area contributed by atoms with Crippen LogP contribution in [0.5, 0.6) is 0 Å². The van der Waals surface area contributed by atoms with Gasteiger partial charge in [0.1, 0.15) is 0 Å². The van der Waals surface area contributed by atoms with Gasteiger partial charge in [-0.3, -0.25) is 0 Å². The van der Waals surface area contributed by atoms with Gasteiger partial charge < -0.3 is 10.2 Å². The molecule has 0 aliphatic rings. The summed E-state index contributed by atoms with van der Waals surface area (Å²) in [4.78, 5) is 2.37. The fourth-order valence-electron chi connectivity index (χ4n) is 2.04. The highest BCUT2D eigenvalue weighted by Gasteiger charge is 2.11. The number of rotatable bonds is 9. The zero-order chi connectivity index (χ0) is 15.0. The third-order valence-corrected chi connectivity index (χ3v) is 4.97. The predicted octanol–water partition coefficient (Wildman–Crippen LogP) is 4.53. The van der Waals surface area contributed by atoms with Crippen molar-refractivity contribution in [2.75, 3.05) is 30.5 Å². The summed E-state index contributed by atoms with van der Waals surface area (Å²) in [6.45, 7) is 6.48. The Bertz CT molecular complexity index is 398. The molecular formula is C16H27BrN2S. The van der Waals surface area contributed by atoms with Crippen molar-refractivity contribution in [3.05, 3.63) is 28.2 Å². The van der Waals surface area contributed by atoms with E-state index in [1.807, 2.05) is 11.8 Å². The lowest BCUT2D eigenvalue weighted by atomic mass is 10.1. The molecule has 0 aromatic heterocycles. The molecule has 2 nitrogen and oxygen atoms in total. The van der Waals surface area contributed by atoms with E-state index in [1.165, 1.54) is 34.3 Å². The molecule has 0 aliphatic carbocycles. The number of hydrogen-bond acceptors (Lipinski definition) is 3. The van der Waals surface area contributed by atoms with E-state index < -0.39 is 0 Å². The molecule has 1 rings (SSSR count). The summed E-state index contributed by atoms with van der Waals surface area (Å²) < 4.78 is 1.20. The average molecular weight is 359 g/mol. The molecule has 0 bridgehead atoms. The number of nitrogens with zero attached hydrogens (tertiary/aromatic N) is 1. The summed E-state index contributed by atoms with van der Waals surface area (Å²) in [6, 6.07) is 7.25. The minimum absolute atomic E-state index is 0.568. The second-order valence-corrected chi connectivity index (χ2v) is 7.03. The van der Waals surface area contributed by atoms with Crippen LogP contribution < -0.4 is 10.2 Å². The van der Waals surface area contributed by atoms with Crippen molar-refractivity contribution >= 4 is 33.4 Å². The zero-order valence-electron chi connectivity index (χ0n) is 13.1. The van der Waals surface area contributed by atoms with E-state index in [0.717, 1.165) is 13.1 Å². The van der Waals surface area contributed by atoms with Gasteiger partial charge in [-0.2, -0.15) is 11.8 Å². The summed E-state index contributed by atoms with van der Waals surface area (Å²) in [5, 5.41) is 3.45. The lowest BCUT2D eigenvalue weighted by Crippen LogP contribution is -2.29. The lowest BCUT2D eigenvalue weighted by Gasteiger charge is -2.27. The van der Waals surface area contributed by atoms with E-state index in [9.17, 15) is 0 Å². The number of halogens is 1. The summed E-state index contributed by atoms with van der Waals surface area (Å²) in [6.07, 6.45) is 4.56. The molecule has 0 heterocycles. The topological polar surface area (TPSA) is 15.3 Å². The number of hydrogen-bond donors (Lipinski definition) is 1. The Morgan fingerprint density at radius 3 is 2.75 bits per heavy atom. The van der Waals surface area contributed by atoms with Crippen LogP contribution in [0.2, 0.25) is 0 Å². The summed E-state index contributed by atoms with van der Waals surface area (Å²) in [5.41, 5.74) is 2.61. The second kappa shape index (κ2) is 9.69. The fraction of sp³-hybridized carbons (Fsp3) is 0.625. The first-order chi connectivity index (χ1) is 9.60. The molecule has 1 N–H and O–H groups in total. The molecule has 0 saturated carbocycles. The quantitative estimate of drug-likeness (QED) is 0.653. The van der Waals surface area contributed by atoms with Gasteiger partial charge in [-0.25, -0.2) is 0 Å². The summed E-state index contributed by atoms with van der Waals surface area (Å²) in [5.74, 6) is 1.21. The van der Waals surface area contributed by atoms with E-state index in [2.05, 4.69) is 71.5 Å². The van der Waals surface area contributed by atoms with Crippen molar-refractivity contribution in [2.24, 2.45) is 0 Å². The van der Waals surface area contributed by atoms with Crippen molar-refractivity contribution in [3.8, 4) is 0 Å². The van der Waals surface area contributed by atoms with Crippen LogP contribution >= 0.6 is 27.7 Å². The molecule has 0 spiro atoms.